The molecule has 0 aliphatic heterocycles. The van der Waals surface area contributed by atoms with Crippen LogP contribution in [0.1, 0.15) is 10.4 Å². The number of nitrogens with one attached hydrogen (secondary N) is 1. The van der Waals surface area contributed by atoms with Gasteiger partial charge in [-0.25, -0.2) is 18.0 Å². The number of aryl methyl sites for hydroxylation is 1. The molecule has 9 heteroatoms. The van der Waals surface area contributed by atoms with E-state index in [9.17, 15) is 18.0 Å². The first-order valence-corrected chi connectivity index (χ1v) is 8.22. The van der Waals surface area contributed by atoms with Gasteiger partial charge in [-0.15, -0.1) is 0 Å². The van der Waals surface area contributed by atoms with Crippen LogP contribution in [0.25, 0.3) is 11.1 Å². The monoisotopic (exact) mass is 348 g/mol. The van der Waals surface area contributed by atoms with E-state index in [1.54, 1.807) is 0 Å². The molecule has 3 rings (SSSR count). The van der Waals surface area contributed by atoms with Crippen molar-refractivity contribution < 1.29 is 22.7 Å². The van der Waals surface area contributed by atoms with Crippen molar-refractivity contribution in [2.75, 3.05) is 4.72 Å². The van der Waals surface area contributed by atoms with E-state index in [2.05, 4.69) is 4.72 Å². The number of rotatable bonds is 4. The fourth-order valence-corrected chi connectivity index (χ4v) is 3.25. The fraction of sp³-hybridized carbons (Fsp3) is 0.0667. The van der Waals surface area contributed by atoms with Crippen molar-refractivity contribution in [3.8, 4) is 0 Å². The van der Waals surface area contributed by atoms with Gasteiger partial charge in [0.2, 0.25) is 0 Å². The number of aromatic carboxylic acids is 1. The maximum atomic E-state index is 12.4. The van der Waals surface area contributed by atoms with Gasteiger partial charge in [0.15, 0.2) is 5.58 Å². The number of oxazole rings is 1. The van der Waals surface area contributed by atoms with E-state index >= 15 is 0 Å². The standard InChI is InChI=1S/C15H12N2O6S/c1-17-12-7-6-11(8-13(12)23-15(17)20)24(21,22)16-10-4-2-9(3-5-10)14(18)19/h2-8,16H,1H3,(H,18,19). The number of carboxylic acids is 1. The van der Waals surface area contributed by atoms with Crippen LogP contribution in [0.2, 0.25) is 0 Å². The second-order valence-corrected chi connectivity index (χ2v) is 6.73. The van der Waals surface area contributed by atoms with Crippen LogP contribution in [0.5, 0.6) is 0 Å². The van der Waals surface area contributed by atoms with Crippen LogP contribution >= 0.6 is 0 Å². The van der Waals surface area contributed by atoms with Crippen molar-refractivity contribution in [3.05, 3.63) is 58.6 Å². The molecule has 0 fully saturated rings. The first-order valence-electron chi connectivity index (χ1n) is 6.74. The largest absolute Gasteiger partial charge is 0.478 e. The number of anilines is 1. The number of aromatic nitrogens is 1. The Kier molecular flexibility index (Phi) is 3.64. The lowest BCUT2D eigenvalue weighted by molar-refractivity contribution is 0.0697. The quantitative estimate of drug-likeness (QED) is 0.740. The number of benzene rings is 2. The Morgan fingerprint density at radius 2 is 1.83 bits per heavy atom. The minimum Gasteiger partial charge on any atom is -0.478 e. The van der Waals surface area contributed by atoms with E-state index < -0.39 is 21.7 Å². The Balaban J connectivity index is 1.95. The number of carbonyl (C=O) groups is 1. The van der Waals surface area contributed by atoms with Crippen molar-refractivity contribution in [1.29, 1.82) is 0 Å². The number of fused-ring (bicyclic) bond motifs is 1. The molecule has 0 atom stereocenters. The molecular weight excluding hydrogens is 336 g/mol. The van der Waals surface area contributed by atoms with Gasteiger partial charge in [0.1, 0.15) is 0 Å². The molecule has 0 aliphatic rings. The number of hydrogen-bond donors (Lipinski definition) is 2. The van der Waals surface area contributed by atoms with Crippen LogP contribution < -0.4 is 10.5 Å². The second kappa shape index (κ2) is 5.53. The summed E-state index contributed by atoms with van der Waals surface area (Å²) in [5.74, 6) is -1.69. The number of carboxylic acid groups (broad SMARTS) is 1. The van der Waals surface area contributed by atoms with Gasteiger partial charge >= 0.3 is 11.7 Å². The summed E-state index contributed by atoms with van der Waals surface area (Å²) in [7, 11) is -2.39. The van der Waals surface area contributed by atoms with Gasteiger partial charge in [-0.05, 0) is 36.4 Å². The van der Waals surface area contributed by atoms with Crippen LogP contribution in [0.15, 0.2) is 56.6 Å². The fourth-order valence-electron chi connectivity index (χ4n) is 2.18. The lowest BCUT2D eigenvalue weighted by atomic mass is 10.2. The third kappa shape index (κ3) is 2.76. The Hall–Kier alpha value is -3.07. The van der Waals surface area contributed by atoms with E-state index in [0.29, 0.717) is 5.52 Å². The maximum Gasteiger partial charge on any atom is 0.419 e. The SMILES string of the molecule is Cn1c(=O)oc2cc(S(=O)(=O)Nc3ccc(C(=O)O)cc3)ccc21. The summed E-state index contributed by atoms with van der Waals surface area (Å²) in [6.07, 6.45) is 0. The predicted molar refractivity (Wildman–Crippen MR) is 85.7 cm³/mol. The summed E-state index contributed by atoms with van der Waals surface area (Å²) in [5.41, 5.74) is 0.899. The molecule has 0 amide bonds. The summed E-state index contributed by atoms with van der Waals surface area (Å²) >= 11 is 0. The molecule has 0 bridgehead atoms. The third-order valence-electron chi connectivity index (χ3n) is 3.46. The Labute approximate surface area is 136 Å². The predicted octanol–water partition coefficient (Wildman–Crippen LogP) is 1.63. The van der Waals surface area contributed by atoms with Crippen LogP contribution in [-0.4, -0.2) is 24.1 Å². The van der Waals surface area contributed by atoms with Crippen molar-refractivity contribution in [2.45, 2.75) is 4.90 Å². The smallest absolute Gasteiger partial charge is 0.419 e. The molecule has 24 heavy (non-hydrogen) atoms. The highest BCUT2D eigenvalue weighted by Crippen LogP contribution is 2.21. The molecule has 3 aromatic rings. The second-order valence-electron chi connectivity index (χ2n) is 5.04. The molecular formula is C15H12N2O6S. The van der Waals surface area contributed by atoms with E-state index in [-0.39, 0.29) is 21.7 Å². The number of hydrogen-bond acceptors (Lipinski definition) is 5. The van der Waals surface area contributed by atoms with Crippen LogP contribution in [0.4, 0.5) is 5.69 Å². The molecule has 1 heterocycles. The van der Waals surface area contributed by atoms with E-state index in [1.807, 2.05) is 0 Å². The van der Waals surface area contributed by atoms with Crippen molar-refractivity contribution >= 4 is 32.8 Å². The zero-order chi connectivity index (χ0) is 17.5. The minimum atomic E-state index is -3.91. The third-order valence-corrected chi connectivity index (χ3v) is 4.84. The van der Waals surface area contributed by atoms with Crippen molar-refractivity contribution in [1.82, 2.24) is 4.57 Å². The van der Waals surface area contributed by atoms with Crippen LogP contribution in [0, 0.1) is 0 Å². The number of sulfonamides is 1. The number of nitrogens with zero attached hydrogens (tertiary/aromatic N) is 1. The van der Waals surface area contributed by atoms with E-state index in [0.717, 1.165) is 0 Å². The molecule has 0 aliphatic carbocycles. The highest BCUT2D eigenvalue weighted by Gasteiger charge is 2.17. The molecule has 0 saturated heterocycles. The van der Waals surface area contributed by atoms with E-state index in [4.69, 9.17) is 9.52 Å². The van der Waals surface area contributed by atoms with Crippen molar-refractivity contribution in [3.63, 3.8) is 0 Å². The first-order chi connectivity index (χ1) is 11.3. The van der Waals surface area contributed by atoms with Crippen LogP contribution in [0.3, 0.4) is 0 Å². The topological polar surface area (TPSA) is 119 Å². The summed E-state index contributed by atoms with van der Waals surface area (Å²) < 4.78 is 33.4. The molecule has 0 unspecified atom stereocenters. The highest BCUT2D eigenvalue weighted by molar-refractivity contribution is 7.92. The van der Waals surface area contributed by atoms with Gasteiger partial charge < -0.3 is 9.52 Å². The molecule has 8 nitrogen and oxygen atoms in total. The summed E-state index contributed by atoms with van der Waals surface area (Å²) in [6, 6.07) is 9.36. The zero-order valence-corrected chi connectivity index (χ0v) is 13.2. The van der Waals surface area contributed by atoms with Gasteiger partial charge in [0.25, 0.3) is 10.0 Å². The molecule has 2 N–H and O–H groups in total. The molecule has 0 spiro atoms. The Morgan fingerprint density at radius 3 is 2.46 bits per heavy atom. The lowest BCUT2D eigenvalue weighted by Crippen LogP contribution is -2.13. The van der Waals surface area contributed by atoms with Gasteiger partial charge in [0.05, 0.1) is 16.0 Å². The Morgan fingerprint density at radius 1 is 1.17 bits per heavy atom. The molecule has 2 aromatic carbocycles. The van der Waals surface area contributed by atoms with Gasteiger partial charge in [-0.1, -0.05) is 0 Å². The zero-order valence-electron chi connectivity index (χ0n) is 12.4. The van der Waals surface area contributed by atoms with E-state index in [1.165, 1.54) is 54.1 Å². The van der Waals surface area contributed by atoms with Crippen LogP contribution in [-0.2, 0) is 17.1 Å². The van der Waals surface area contributed by atoms with Gasteiger partial charge in [0, 0.05) is 18.8 Å². The highest BCUT2D eigenvalue weighted by atomic mass is 32.2. The first kappa shape index (κ1) is 15.8. The maximum absolute atomic E-state index is 12.4. The average Bonchev–Trinajstić information content (AvgIpc) is 2.82. The molecule has 124 valence electrons. The summed E-state index contributed by atoms with van der Waals surface area (Å²) in [6.45, 7) is 0. The van der Waals surface area contributed by atoms with Gasteiger partial charge in [-0.2, -0.15) is 0 Å². The molecule has 1 aromatic heterocycles. The van der Waals surface area contributed by atoms with Crippen molar-refractivity contribution in [2.24, 2.45) is 7.05 Å². The normalized spacial score (nSPS) is 11.5. The molecule has 0 saturated carbocycles. The molecule has 0 radical (unpaired) electrons. The van der Waals surface area contributed by atoms with Gasteiger partial charge in [-0.3, -0.25) is 9.29 Å². The summed E-state index contributed by atoms with van der Waals surface area (Å²) in [4.78, 5) is 22.2. The summed E-state index contributed by atoms with van der Waals surface area (Å²) in [5, 5.41) is 8.83. The Bertz CT molecular complexity index is 1090. The lowest BCUT2D eigenvalue weighted by Gasteiger charge is -2.08. The minimum absolute atomic E-state index is 0.0467. The average molecular weight is 348 g/mol.